The molecule has 0 saturated heterocycles. The summed E-state index contributed by atoms with van der Waals surface area (Å²) in [6.45, 7) is 2.02. The van der Waals surface area contributed by atoms with Gasteiger partial charge in [-0.25, -0.2) is 4.98 Å². The van der Waals surface area contributed by atoms with E-state index in [1.807, 2.05) is 30.8 Å². The molecule has 1 aromatic carbocycles. The molecule has 0 aliphatic rings. The van der Waals surface area contributed by atoms with Crippen molar-refractivity contribution in [3.8, 4) is 22.3 Å². The number of aromatic nitrogens is 6. The lowest BCUT2D eigenvalue weighted by molar-refractivity contribution is 0.744. The molecule has 0 radical (unpaired) electrons. The minimum absolute atomic E-state index is 0.510. The van der Waals surface area contributed by atoms with Crippen LogP contribution in [-0.2, 0) is 7.05 Å². The van der Waals surface area contributed by atoms with Crippen LogP contribution in [-0.4, -0.2) is 29.4 Å². The number of fused-ring (bicyclic) bond motifs is 2. The zero-order valence-electron chi connectivity index (χ0n) is 14.4. The quantitative estimate of drug-likeness (QED) is 0.515. The molecule has 0 saturated carbocycles. The van der Waals surface area contributed by atoms with Crippen molar-refractivity contribution in [1.29, 1.82) is 0 Å². The summed E-state index contributed by atoms with van der Waals surface area (Å²) in [4.78, 5) is 4.52. The van der Waals surface area contributed by atoms with Crippen LogP contribution in [0.25, 0.3) is 38.8 Å². The standard InChI is InChI=1S/C19H17N7/c1-11-17(18(20)24-25(11)2)15-7-14(10-26-6-5-21-19(15)26)12-3-4-13-9-22-23-16(13)8-12/h3-10H,1-2H3,(H2,20,24)(H,22,23). The minimum Gasteiger partial charge on any atom is -0.382 e. The number of nitrogens with two attached hydrogens (primary N) is 1. The van der Waals surface area contributed by atoms with Gasteiger partial charge in [0.1, 0.15) is 5.65 Å². The zero-order valence-corrected chi connectivity index (χ0v) is 14.4. The van der Waals surface area contributed by atoms with Crippen LogP contribution >= 0.6 is 0 Å². The van der Waals surface area contributed by atoms with E-state index < -0.39 is 0 Å². The number of nitrogens with one attached hydrogen (secondary N) is 1. The summed E-state index contributed by atoms with van der Waals surface area (Å²) in [6, 6.07) is 8.39. The highest BCUT2D eigenvalue weighted by Crippen LogP contribution is 2.35. The van der Waals surface area contributed by atoms with Gasteiger partial charge >= 0.3 is 0 Å². The first-order valence-electron chi connectivity index (χ1n) is 8.31. The number of anilines is 1. The molecule has 5 aromatic rings. The molecule has 26 heavy (non-hydrogen) atoms. The Morgan fingerprint density at radius 2 is 2.04 bits per heavy atom. The number of H-pyrrole nitrogens is 1. The average Bonchev–Trinajstić information content (AvgIpc) is 3.34. The molecule has 7 heteroatoms. The smallest absolute Gasteiger partial charge is 0.153 e. The minimum atomic E-state index is 0.510. The Kier molecular flexibility index (Phi) is 2.94. The highest BCUT2D eigenvalue weighted by Gasteiger charge is 2.18. The summed E-state index contributed by atoms with van der Waals surface area (Å²) in [5.74, 6) is 0.510. The molecule has 4 heterocycles. The third kappa shape index (κ3) is 2.03. The molecule has 0 unspecified atom stereocenters. The Labute approximate surface area is 149 Å². The second kappa shape index (κ2) is 5.19. The van der Waals surface area contributed by atoms with Gasteiger partial charge in [-0.2, -0.15) is 10.2 Å². The first-order valence-corrected chi connectivity index (χ1v) is 8.31. The van der Waals surface area contributed by atoms with Gasteiger partial charge in [0.05, 0.1) is 17.3 Å². The maximum Gasteiger partial charge on any atom is 0.153 e. The van der Waals surface area contributed by atoms with Crippen LogP contribution in [0.3, 0.4) is 0 Å². The predicted octanol–water partition coefficient (Wildman–Crippen LogP) is 3.17. The predicted molar refractivity (Wildman–Crippen MR) is 102 cm³/mol. The molecule has 7 nitrogen and oxygen atoms in total. The molecule has 4 aromatic heterocycles. The molecule has 0 aliphatic carbocycles. The number of hydrogen-bond donors (Lipinski definition) is 2. The van der Waals surface area contributed by atoms with Crippen LogP contribution in [0.15, 0.2) is 49.1 Å². The van der Waals surface area contributed by atoms with Gasteiger partial charge in [0.2, 0.25) is 0 Å². The SMILES string of the molecule is Cc1c(-c2cc(-c3ccc4cn[nH]c4c3)cn3ccnc23)c(N)nn1C. The van der Waals surface area contributed by atoms with Crippen molar-refractivity contribution in [3.05, 3.63) is 54.7 Å². The van der Waals surface area contributed by atoms with Crippen LogP contribution < -0.4 is 5.73 Å². The number of aromatic amines is 1. The van der Waals surface area contributed by atoms with E-state index in [1.54, 1.807) is 10.9 Å². The van der Waals surface area contributed by atoms with Crippen LogP contribution in [0.4, 0.5) is 5.82 Å². The first-order chi connectivity index (χ1) is 12.6. The molecule has 128 valence electrons. The fourth-order valence-electron chi connectivity index (χ4n) is 3.46. The summed E-state index contributed by atoms with van der Waals surface area (Å²) in [5.41, 5.74) is 13.1. The van der Waals surface area contributed by atoms with E-state index in [-0.39, 0.29) is 0 Å². The van der Waals surface area contributed by atoms with Crippen LogP contribution in [0, 0.1) is 6.92 Å². The van der Waals surface area contributed by atoms with Crippen molar-refractivity contribution >= 4 is 22.4 Å². The van der Waals surface area contributed by atoms with Gasteiger partial charge < -0.3 is 10.1 Å². The molecule has 0 bridgehead atoms. The summed E-state index contributed by atoms with van der Waals surface area (Å²) < 4.78 is 3.82. The third-order valence-electron chi connectivity index (χ3n) is 4.89. The topological polar surface area (TPSA) is 89.8 Å². The summed E-state index contributed by atoms with van der Waals surface area (Å²) >= 11 is 0. The molecular formula is C19H17N7. The van der Waals surface area contributed by atoms with Crippen molar-refractivity contribution < 1.29 is 0 Å². The number of pyridine rings is 1. The lowest BCUT2D eigenvalue weighted by Crippen LogP contribution is -1.95. The van der Waals surface area contributed by atoms with E-state index >= 15 is 0 Å². The Hall–Kier alpha value is -3.61. The molecule has 3 N–H and O–H groups in total. The van der Waals surface area contributed by atoms with Crippen molar-refractivity contribution in [2.75, 3.05) is 5.73 Å². The average molecular weight is 343 g/mol. The molecule has 0 amide bonds. The van der Waals surface area contributed by atoms with Gasteiger partial charge in [0.15, 0.2) is 5.82 Å². The van der Waals surface area contributed by atoms with Gasteiger partial charge in [0, 0.05) is 42.3 Å². The fraction of sp³-hybridized carbons (Fsp3) is 0.105. The van der Waals surface area contributed by atoms with Crippen molar-refractivity contribution in [2.45, 2.75) is 6.92 Å². The zero-order chi connectivity index (χ0) is 17.8. The van der Waals surface area contributed by atoms with Crippen LogP contribution in [0.1, 0.15) is 5.69 Å². The van der Waals surface area contributed by atoms with Crippen molar-refractivity contribution in [1.82, 2.24) is 29.4 Å². The number of aryl methyl sites for hydroxylation is 1. The van der Waals surface area contributed by atoms with Crippen molar-refractivity contribution in [3.63, 3.8) is 0 Å². The highest BCUT2D eigenvalue weighted by atomic mass is 15.3. The molecule has 5 rings (SSSR count). The Morgan fingerprint density at radius 1 is 1.15 bits per heavy atom. The van der Waals surface area contributed by atoms with Gasteiger partial charge in [-0.05, 0) is 30.2 Å². The number of nitrogens with zero attached hydrogens (tertiary/aromatic N) is 5. The molecule has 0 aliphatic heterocycles. The van der Waals surface area contributed by atoms with Gasteiger partial charge in [0.25, 0.3) is 0 Å². The molecular weight excluding hydrogens is 326 g/mol. The largest absolute Gasteiger partial charge is 0.382 e. The number of imidazole rings is 1. The summed E-state index contributed by atoms with van der Waals surface area (Å²) in [6.07, 6.45) is 7.64. The number of benzene rings is 1. The van der Waals surface area contributed by atoms with Crippen molar-refractivity contribution in [2.24, 2.45) is 7.05 Å². The number of hydrogen-bond acceptors (Lipinski definition) is 4. The van der Waals surface area contributed by atoms with Crippen LogP contribution in [0.5, 0.6) is 0 Å². The maximum absolute atomic E-state index is 6.20. The fourth-order valence-corrected chi connectivity index (χ4v) is 3.46. The van der Waals surface area contributed by atoms with Crippen LogP contribution in [0.2, 0.25) is 0 Å². The molecule has 0 atom stereocenters. The molecule has 0 fully saturated rings. The Balaban J connectivity index is 1.80. The second-order valence-corrected chi connectivity index (χ2v) is 6.44. The monoisotopic (exact) mass is 343 g/mol. The lowest BCUT2D eigenvalue weighted by atomic mass is 10.0. The third-order valence-corrected chi connectivity index (χ3v) is 4.89. The van der Waals surface area contributed by atoms with E-state index in [4.69, 9.17) is 5.73 Å². The normalized spacial score (nSPS) is 11.6. The Morgan fingerprint density at radius 3 is 2.85 bits per heavy atom. The molecule has 0 spiro atoms. The summed E-state index contributed by atoms with van der Waals surface area (Å²) in [7, 11) is 1.90. The second-order valence-electron chi connectivity index (χ2n) is 6.44. The Bertz CT molecular complexity index is 1270. The van der Waals surface area contributed by atoms with Gasteiger partial charge in [-0.15, -0.1) is 0 Å². The number of nitrogen functional groups attached to an aromatic ring is 1. The van der Waals surface area contributed by atoms with E-state index in [1.165, 1.54) is 0 Å². The summed E-state index contributed by atoms with van der Waals surface area (Å²) in [5, 5.41) is 12.6. The highest BCUT2D eigenvalue weighted by molar-refractivity contribution is 5.90. The van der Waals surface area contributed by atoms with E-state index in [0.717, 1.165) is 44.5 Å². The van der Waals surface area contributed by atoms with Gasteiger partial charge in [-0.1, -0.05) is 12.1 Å². The van der Waals surface area contributed by atoms with E-state index in [2.05, 4.69) is 50.7 Å². The van der Waals surface area contributed by atoms with Gasteiger partial charge in [-0.3, -0.25) is 9.78 Å². The maximum atomic E-state index is 6.20. The van der Waals surface area contributed by atoms with E-state index in [9.17, 15) is 0 Å². The first kappa shape index (κ1) is 14.7. The van der Waals surface area contributed by atoms with E-state index in [0.29, 0.717) is 5.82 Å². The lowest BCUT2D eigenvalue weighted by Gasteiger charge is -2.09. The number of rotatable bonds is 2.